The number of pyridine rings is 2. The topological polar surface area (TPSA) is 100 Å². The number of nitrogens with zero attached hydrogens (tertiary/aromatic N) is 5. The molecule has 33 heavy (non-hydrogen) atoms. The van der Waals surface area contributed by atoms with Crippen molar-refractivity contribution in [3.05, 3.63) is 77.7 Å². The van der Waals surface area contributed by atoms with Crippen molar-refractivity contribution < 1.29 is 4.74 Å². The second-order valence-corrected chi connectivity index (χ2v) is 7.88. The Balaban J connectivity index is 1.39. The molecule has 1 aliphatic rings. The Morgan fingerprint density at radius 3 is 2.76 bits per heavy atom. The van der Waals surface area contributed by atoms with Gasteiger partial charge in [0.15, 0.2) is 0 Å². The van der Waals surface area contributed by atoms with Crippen molar-refractivity contribution in [2.45, 2.75) is 0 Å². The lowest BCUT2D eigenvalue weighted by atomic mass is 10.1. The number of benzene rings is 1. The summed E-state index contributed by atoms with van der Waals surface area (Å²) in [7, 11) is 0. The SMILES string of the molecule is O=c1[nH]ccc2cc(-c3cnc4nccn4c3)nc(Nc3ccc(N4CCOCC4)cc3)c12. The van der Waals surface area contributed by atoms with Gasteiger partial charge in [-0.05, 0) is 41.8 Å². The molecule has 0 atom stereocenters. The van der Waals surface area contributed by atoms with Crippen LogP contribution in [0.25, 0.3) is 27.8 Å². The third-order valence-corrected chi connectivity index (χ3v) is 5.80. The molecule has 5 aromatic rings. The minimum absolute atomic E-state index is 0.192. The number of H-pyrrole nitrogens is 1. The third kappa shape index (κ3) is 3.68. The van der Waals surface area contributed by atoms with Crippen molar-refractivity contribution in [2.24, 2.45) is 0 Å². The van der Waals surface area contributed by atoms with Gasteiger partial charge in [0.1, 0.15) is 5.82 Å². The number of aromatic nitrogens is 5. The molecule has 0 aliphatic carbocycles. The molecular weight excluding hydrogens is 418 g/mol. The highest BCUT2D eigenvalue weighted by molar-refractivity contribution is 5.95. The van der Waals surface area contributed by atoms with Crippen LogP contribution in [0.4, 0.5) is 17.2 Å². The molecule has 164 valence electrons. The summed E-state index contributed by atoms with van der Waals surface area (Å²) in [6.07, 6.45) is 8.86. The van der Waals surface area contributed by atoms with Gasteiger partial charge in [0.25, 0.3) is 5.56 Å². The van der Waals surface area contributed by atoms with E-state index in [4.69, 9.17) is 9.72 Å². The minimum Gasteiger partial charge on any atom is -0.378 e. The van der Waals surface area contributed by atoms with Crippen LogP contribution in [0.3, 0.4) is 0 Å². The zero-order valence-electron chi connectivity index (χ0n) is 17.7. The van der Waals surface area contributed by atoms with Gasteiger partial charge in [0, 0.05) is 61.0 Å². The number of morpholine rings is 1. The largest absolute Gasteiger partial charge is 0.378 e. The molecule has 0 saturated carbocycles. The Kier molecular flexibility index (Phi) is 4.73. The molecule has 4 aromatic heterocycles. The minimum atomic E-state index is -0.192. The lowest BCUT2D eigenvalue weighted by molar-refractivity contribution is 0.122. The van der Waals surface area contributed by atoms with Crippen molar-refractivity contribution in [2.75, 3.05) is 36.5 Å². The molecule has 9 heteroatoms. The zero-order chi connectivity index (χ0) is 22.2. The molecule has 0 spiro atoms. The number of imidazole rings is 1. The molecule has 0 radical (unpaired) electrons. The maximum absolute atomic E-state index is 12.7. The molecule has 1 fully saturated rings. The van der Waals surface area contributed by atoms with Crippen LogP contribution in [-0.4, -0.2) is 50.6 Å². The second kappa shape index (κ2) is 8.03. The van der Waals surface area contributed by atoms with E-state index < -0.39 is 0 Å². The second-order valence-electron chi connectivity index (χ2n) is 7.88. The van der Waals surface area contributed by atoms with E-state index in [9.17, 15) is 4.79 Å². The number of nitrogens with one attached hydrogen (secondary N) is 2. The first-order valence-corrected chi connectivity index (χ1v) is 10.8. The fourth-order valence-electron chi connectivity index (χ4n) is 4.12. The third-order valence-electron chi connectivity index (χ3n) is 5.80. The highest BCUT2D eigenvalue weighted by Crippen LogP contribution is 2.28. The summed E-state index contributed by atoms with van der Waals surface area (Å²) in [5.74, 6) is 1.11. The van der Waals surface area contributed by atoms with Crippen LogP contribution >= 0.6 is 0 Å². The molecule has 6 rings (SSSR count). The van der Waals surface area contributed by atoms with E-state index in [1.54, 1.807) is 18.6 Å². The number of ether oxygens (including phenoxy) is 1. The van der Waals surface area contributed by atoms with E-state index >= 15 is 0 Å². The fraction of sp³-hybridized carbons (Fsp3) is 0.167. The van der Waals surface area contributed by atoms with E-state index in [-0.39, 0.29) is 5.56 Å². The Labute approximate surface area is 188 Å². The first-order chi connectivity index (χ1) is 16.2. The van der Waals surface area contributed by atoms with Crippen LogP contribution in [0.2, 0.25) is 0 Å². The van der Waals surface area contributed by atoms with Gasteiger partial charge in [-0.2, -0.15) is 0 Å². The van der Waals surface area contributed by atoms with Gasteiger partial charge >= 0.3 is 0 Å². The summed E-state index contributed by atoms with van der Waals surface area (Å²) < 4.78 is 7.28. The van der Waals surface area contributed by atoms with E-state index in [0.717, 1.165) is 48.6 Å². The average molecular weight is 439 g/mol. The predicted molar refractivity (Wildman–Crippen MR) is 127 cm³/mol. The highest BCUT2D eigenvalue weighted by Gasteiger charge is 2.14. The maximum atomic E-state index is 12.7. The maximum Gasteiger partial charge on any atom is 0.259 e. The van der Waals surface area contributed by atoms with Crippen LogP contribution in [0.5, 0.6) is 0 Å². The smallest absolute Gasteiger partial charge is 0.259 e. The number of anilines is 3. The van der Waals surface area contributed by atoms with Gasteiger partial charge in [-0.3, -0.25) is 9.20 Å². The molecule has 5 heterocycles. The van der Waals surface area contributed by atoms with Crippen LogP contribution in [0.15, 0.2) is 72.2 Å². The summed E-state index contributed by atoms with van der Waals surface area (Å²) in [4.78, 5) is 31.1. The molecule has 2 N–H and O–H groups in total. The molecule has 9 nitrogen and oxygen atoms in total. The number of rotatable bonds is 4. The van der Waals surface area contributed by atoms with E-state index in [0.29, 0.717) is 22.7 Å². The summed E-state index contributed by atoms with van der Waals surface area (Å²) in [6, 6.07) is 11.9. The van der Waals surface area contributed by atoms with Crippen LogP contribution in [0.1, 0.15) is 0 Å². The van der Waals surface area contributed by atoms with Gasteiger partial charge in [0.2, 0.25) is 5.78 Å². The van der Waals surface area contributed by atoms with Gasteiger partial charge in [0.05, 0.1) is 24.3 Å². The number of aromatic amines is 1. The van der Waals surface area contributed by atoms with Gasteiger partial charge in [-0.1, -0.05) is 0 Å². The first-order valence-electron chi connectivity index (χ1n) is 10.8. The molecule has 1 saturated heterocycles. The molecule has 0 bridgehead atoms. The molecule has 0 amide bonds. The monoisotopic (exact) mass is 439 g/mol. The zero-order valence-corrected chi connectivity index (χ0v) is 17.7. The summed E-state index contributed by atoms with van der Waals surface area (Å²) >= 11 is 0. The van der Waals surface area contributed by atoms with Crippen molar-refractivity contribution in [3.63, 3.8) is 0 Å². The highest BCUT2D eigenvalue weighted by atomic mass is 16.5. The Morgan fingerprint density at radius 2 is 1.91 bits per heavy atom. The predicted octanol–water partition coefficient (Wildman–Crippen LogP) is 3.21. The summed E-state index contributed by atoms with van der Waals surface area (Å²) in [5.41, 5.74) is 3.34. The molecule has 1 aliphatic heterocycles. The normalized spacial score (nSPS) is 14.1. The molecule has 1 aromatic carbocycles. The van der Waals surface area contributed by atoms with Gasteiger partial charge < -0.3 is 19.9 Å². The average Bonchev–Trinajstić information content (AvgIpc) is 3.33. The lowest BCUT2D eigenvalue weighted by Gasteiger charge is -2.28. The number of fused-ring (bicyclic) bond motifs is 2. The van der Waals surface area contributed by atoms with Crippen molar-refractivity contribution in [1.29, 1.82) is 0 Å². The number of hydrogen-bond donors (Lipinski definition) is 2. The van der Waals surface area contributed by atoms with E-state index in [1.165, 1.54) is 0 Å². The molecular formula is C24H21N7O2. The first kappa shape index (κ1) is 19.4. The summed E-state index contributed by atoms with van der Waals surface area (Å²) in [5, 5.41) is 4.65. The van der Waals surface area contributed by atoms with Crippen molar-refractivity contribution in [3.8, 4) is 11.3 Å². The quantitative estimate of drug-likeness (QED) is 0.443. The Bertz CT molecular complexity index is 1500. The van der Waals surface area contributed by atoms with E-state index in [2.05, 4.69) is 37.3 Å². The van der Waals surface area contributed by atoms with Crippen LogP contribution in [-0.2, 0) is 4.74 Å². The van der Waals surface area contributed by atoms with Crippen LogP contribution in [0, 0.1) is 0 Å². The van der Waals surface area contributed by atoms with E-state index in [1.807, 2.05) is 41.1 Å². The van der Waals surface area contributed by atoms with Crippen molar-refractivity contribution >= 4 is 33.7 Å². The fourth-order valence-corrected chi connectivity index (χ4v) is 4.12. The number of hydrogen-bond acceptors (Lipinski definition) is 7. The summed E-state index contributed by atoms with van der Waals surface area (Å²) in [6.45, 7) is 3.24. The Morgan fingerprint density at radius 1 is 1.06 bits per heavy atom. The van der Waals surface area contributed by atoms with Crippen molar-refractivity contribution in [1.82, 2.24) is 24.3 Å². The van der Waals surface area contributed by atoms with Gasteiger partial charge in [-0.25, -0.2) is 15.0 Å². The Hall–Kier alpha value is -4.24. The van der Waals surface area contributed by atoms with Crippen LogP contribution < -0.4 is 15.8 Å². The lowest BCUT2D eigenvalue weighted by Crippen LogP contribution is -2.36. The molecule has 0 unspecified atom stereocenters. The standard InChI is InChI=1S/C24H21N7O2/c32-23-21-16(5-6-25-23)13-20(17-14-27-24-26-7-8-31(24)15-17)29-22(21)28-18-1-3-19(4-2-18)30-9-11-33-12-10-30/h1-8,13-15H,9-12H2,(H,25,32)(H,28,29). The van der Waals surface area contributed by atoms with Gasteiger partial charge in [-0.15, -0.1) is 0 Å².